The van der Waals surface area contributed by atoms with Gasteiger partial charge in [0.05, 0.1) is 18.7 Å². The normalized spacial score (nSPS) is 11.9. The molecule has 1 aromatic heterocycles. The van der Waals surface area contributed by atoms with Gasteiger partial charge in [-0.25, -0.2) is 9.97 Å². The summed E-state index contributed by atoms with van der Waals surface area (Å²) in [6.45, 7) is 8.63. The molecule has 0 bridgehead atoms. The van der Waals surface area contributed by atoms with Gasteiger partial charge in [-0.3, -0.25) is 4.79 Å². The number of hydrogen-bond acceptors (Lipinski definition) is 4. The number of carboxylic acids is 1. The third kappa shape index (κ3) is 4.28. The second-order valence-corrected chi connectivity index (χ2v) is 6.11. The van der Waals surface area contributed by atoms with Crippen molar-refractivity contribution < 1.29 is 9.90 Å². The minimum atomic E-state index is -0.849. The lowest BCUT2D eigenvalue weighted by atomic mass is 9.87. The van der Waals surface area contributed by atoms with Crippen molar-refractivity contribution in [3.05, 3.63) is 22.8 Å². The van der Waals surface area contributed by atoms with Crippen LogP contribution in [0.15, 0.2) is 0 Å². The van der Waals surface area contributed by atoms with Crippen molar-refractivity contribution in [3.63, 3.8) is 0 Å². The van der Waals surface area contributed by atoms with Crippen molar-refractivity contribution in [2.24, 2.45) is 0 Å². The summed E-state index contributed by atoms with van der Waals surface area (Å²) in [6.07, 6.45) is -0.0271. The van der Waals surface area contributed by atoms with Crippen LogP contribution in [-0.2, 0) is 23.2 Å². The summed E-state index contributed by atoms with van der Waals surface area (Å²) in [5.41, 5.74) is 2.14. The van der Waals surface area contributed by atoms with E-state index in [1.807, 2.05) is 46.7 Å². The van der Waals surface area contributed by atoms with Gasteiger partial charge < -0.3 is 10.0 Å². The predicted molar refractivity (Wildman–Crippen MR) is 74.2 cm³/mol. The van der Waals surface area contributed by atoms with Crippen molar-refractivity contribution in [1.82, 2.24) is 14.9 Å². The van der Waals surface area contributed by atoms with Gasteiger partial charge in [-0.2, -0.15) is 0 Å². The van der Waals surface area contributed by atoms with E-state index < -0.39 is 5.97 Å². The van der Waals surface area contributed by atoms with E-state index in [0.29, 0.717) is 6.54 Å². The molecule has 1 heterocycles. The SMILES string of the molecule is Cc1nc(CN(C)C)nc(C(C)(C)C)c1CC(=O)O. The standard InChI is InChI=1S/C14H23N3O2/c1-9-10(7-12(18)19)13(14(2,3)4)16-11(15-9)8-17(5)6/h7-8H2,1-6H3,(H,18,19). The molecule has 0 aliphatic rings. The molecule has 0 spiro atoms. The van der Waals surface area contributed by atoms with Gasteiger partial charge in [-0.15, -0.1) is 0 Å². The highest BCUT2D eigenvalue weighted by Gasteiger charge is 2.24. The molecule has 5 heteroatoms. The first-order chi connectivity index (χ1) is 8.61. The Morgan fingerprint density at radius 3 is 2.26 bits per heavy atom. The summed E-state index contributed by atoms with van der Waals surface area (Å²) in [7, 11) is 3.92. The van der Waals surface area contributed by atoms with E-state index >= 15 is 0 Å². The van der Waals surface area contributed by atoms with Gasteiger partial charge in [-0.05, 0) is 21.0 Å². The zero-order chi connectivity index (χ0) is 14.8. The Kier molecular flexibility index (Phi) is 4.63. The zero-order valence-corrected chi connectivity index (χ0v) is 12.6. The van der Waals surface area contributed by atoms with Crippen LogP contribution >= 0.6 is 0 Å². The smallest absolute Gasteiger partial charge is 0.307 e. The average Bonchev–Trinajstić information content (AvgIpc) is 2.18. The fourth-order valence-corrected chi connectivity index (χ4v) is 1.99. The van der Waals surface area contributed by atoms with E-state index in [2.05, 4.69) is 9.97 Å². The van der Waals surface area contributed by atoms with Crippen LogP contribution in [0, 0.1) is 6.92 Å². The first kappa shape index (κ1) is 15.6. The van der Waals surface area contributed by atoms with Gasteiger partial charge in [0, 0.05) is 16.7 Å². The summed E-state index contributed by atoms with van der Waals surface area (Å²) in [4.78, 5) is 22.0. The maximum atomic E-state index is 11.0. The van der Waals surface area contributed by atoms with E-state index in [0.717, 1.165) is 22.8 Å². The molecule has 0 aliphatic carbocycles. The highest BCUT2D eigenvalue weighted by Crippen LogP contribution is 2.26. The largest absolute Gasteiger partial charge is 0.481 e. The van der Waals surface area contributed by atoms with Gasteiger partial charge in [0.15, 0.2) is 0 Å². The Morgan fingerprint density at radius 1 is 1.26 bits per heavy atom. The molecule has 0 saturated heterocycles. The Balaban J connectivity index is 3.34. The van der Waals surface area contributed by atoms with E-state index in [-0.39, 0.29) is 11.8 Å². The van der Waals surface area contributed by atoms with Crippen LogP contribution in [0.5, 0.6) is 0 Å². The monoisotopic (exact) mass is 265 g/mol. The van der Waals surface area contributed by atoms with Crippen LogP contribution in [0.25, 0.3) is 0 Å². The molecular weight excluding hydrogens is 242 g/mol. The van der Waals surface area contributed by atoms with E-state index in [4.69, 9.17) is 5.11 Å². The Morgan fingerprint density at radius 2 is 1.84 bits per heavy atom. The quantitative estimate of drug-likeness (QED) is 0.898. The molecule has 0 fully saturated rings. The minimum absolute atomic E-state index is 0.0271. The topological polar surface area (TPSA) is 66.3 Å². The molecule has 1 N–H and O–H groups in total. The molecule has 5 nitrogen and oxygen atoms in total. The molecule has 0 unspecified atom stereocenters. The van der Waals surface area contributed by atoms with Gasteiger partial charge in [0.1, 0.15) is 5.82 Å². The Labute approximate surface area is 114 Å². The summed E-state index contributed by atoms with van der Waals surface area (Å²) in [6, 6.07) is 0. The molecule has 19 heavy (non-hydrogen) atoms. The predicted octanol–water partition coefficient (Wildman–Crippen LogP) is 1.77. The van der Waals surface area contributed by atoms with Crippen molar-refractivity contribution in [2.75, 3.05) is 14.1 Å². The molecular formula is C14H23N3O2. The molecule has 0 amide bonds. The molecule has 0 saturated carbocycles. The first-order valence-corrected chi connectivity index (χ1v) is 6.34. The van der Waals surface area contributed by atoms with Crippen LogP contribution in [0.3, 0.4) is 0 Å². The number of aromatic nitrogens is 2. The van der Waals surface area contributed by atoms with Crippen molar-refractivity contribution in [3.8, 4) is 0 Å². The van der Waals surface area contributed by atoms with Crippen LogP contribution in [0.1, 0.15) is 43.5 Å². The van der Waals surface area contributed by atoms with Gasteiger partial charge in [0.25, 0.3) is 0 Å². The number of hydrogen-bond donors (Lipinski definition) is 1. The number of carbonyl (C=O) groups is 1. The second-order valence-electron chi connectivity index (χ2n) is 6.11. The number of rotatable bonds is 4. The highest BCUT2D eigenvalue weighted by molar-refractivity contribution is 5.71. The summed E-state index contributed by atoms with van der Waals surface area (Å²) in [5, 5.41) is 9.03. The lowest BCUT2D eigenvalue weighted by molar-refractivity contribution is -0.136. The molecule has 1 rings (SSSR count). The third-order valence-electron chi connectivity index (χ3n) is 2.76. The molecule has 0 aromatic carbocycles. The fourth-order valence-electron chi connectivity index (χ4n) is 1.99. The Bertz CT molecular complexity index is 476. The maximum Gasteiger partial charge on any atom is 0.307 e. The van der Waals surface area contributed by atoms with E-state index in [9.17, 15) is 4.79 Å². The van der Waals surface area contributed by atoms with Gasteiger partial charge in [0.2, 0.25) is 0 Å². The number of carboxylic acid groups (broad SMARTS) is 1. The summed E-state index contributed by atoms with van der Waals surface area (Å²) >= 11 is 0. The van der Waals surface area contributed by atoms with Crippen molar-refractivity contribution >= 4 is 5.97 Å². The average molecular weight is 265 g/mol. The molecule has 1 aromatic rings. The lowest BCUT2D eigenvalue weighted by Crippen LogP contribution is -2.23. The van der Waals surface area contributed by atoms with Crippen LogP contribution in [0.4, 0.5) is 0 Å². The first-order valence-electron chi connectivity index (χ1n) is 6.34. The van der Waals surface area contributed by atoms with Crippen LogP contribution in [-0.4, -0.2) is 40.0 Å². The molecule has 0 atom stereocenters. The number of nitrogens with zero attached hydrogens (tertiary/aromatic N) is 3. The zero-order valence-electron chi connectivity index (χ0n) is 12.6. The molecule has 106 valence electrons. The van der Waals surface area contributed by atoms with Crippen LogP contribution in [0.2, 0.25) is 0 Å². The summed E-state index contributed by atoms with van der Waals surface area (Å²) in [5.74, 6) is -0.112. The van der Waals surface area contributed by atoms with Crippen LogP contribution < -0.4 is 0 Å². The van der Waals surface area contributed by atoms with Gasteiger partial charge in [-0.1, -0.05) is 20.8 Å². The number of aliphatic carboxylic acids is 1. The second kappa shape index (κ2) is 5.65. The van der Waals surface area contributed by atoms with Crippen molar-refractivity contribution in [2.45, 2.75) is 46.1 Å². The minimum Gasteiger partial charge on any atom is -0.481 e. The summed E-state index contributed by atoms with van der Waals surface area (Å²) < 4.78 is 0. The highest BCUT2D eigenvalue weighted by atomic mass is 16.4. The molecule has 0 aliphatic heterocycles. The van der Waals surface area contributed by atoms with E-state index in [1.165, 1.54) is 0 Å². The maximum absolute atomic E-state index is 11.0. The fraction of sp³-hybridized carbons (Fsp3) is 0.643. The number of aryl methyl sites for hydroxylation is 1. The van der Waals surface area contributed by atoms with Gasteiger partial charge >= 0.3 is 5.97 Å². The van der Waals surface area contributed by atoms with E-state index in [1.54, 1.807) is 0 Å². The Hall–Kier alpha value is -1.49. The third-order valence-corrected chi connectivity index (χ3v) is 2.76. The lowest BCUT2D eigenvalue weighted by Gasteiger charge is -2.23. The van der Waals surface area contributed by atoms with Crippen molar-refractivity contribution in [1.29, 1.82) is 0 Å². The molecule has 0 radical (unpaired) electrons.